The number of rotatable bonds is 9. The minimum atomic E-state index is -2.97. The highest BCUT2D eigenvalue weighted by atomic mass is 32.2. The number of sulfone groups is 1. The van der Waals surface area contributed by atoms with Gasteiger partial charge >= 0.3 is 5.76 Å². The van der Waals surface area contributed by atoms with Crippen LogP contribution >= 0.6 is 0 Å². The molecule has 0 aliphatic heterocycles. The Labute approximate surface area is 156 Å². The summed E-state index contributed by atoms with van der Waals surface area (Å²) >= 11 is 0. The summed E-state index contributed by atoms with van der Waals surface area (Å²) in [6.07, 6.45) is 2.38. The van der Waals surface area contributed by atoms with Gasteiger partial charge in [-0.2, -0.15) is 0 Å². The van der Waals surface area contributed by atoms with Crippen LogP contribution in [0.4, 0.5) is 8.78 Å². The number of hydrogen-bond acceptors (Lipinski definition) is 5. The van der Waals surface area contributed by atoms with Crippen molar-refractivity contribution in [3.63, 3.8) is 0 Å². The van der Waals surface area contributed by atoms with Gasteiger partial charge < -0.3 is 9.73 Å². The van der Waals surface area contributed by atoms with Crippen molar-refractivity contribution in [1.82, 2.24) is 9.88 Å². The zero-order chi connectivity index (χ0) is 19.7. The molecular formula is C18H24F2N2O4S. The molecule has 0 radical (unpaired) electrons. The molecule has 0 amide bonds. The third-order valence-electron chi connectivity index (χ3n) is 4.89. The first-order valence-corrected chi connectivity index (χ1v) is 11.1. The van der Waals surface area contributed by atoms with Crippen molar-refractivity contribution in [2.24, 2.45) is 0 Å². The molecule has 1 aromatic heterocycles. The van der Waals surface area contributed by atoms with Crippen molar-refractivity contribution >= 4 is 20.9 Å². The number of benzene rings is 1. The lowest BCUT2D eigenvalue weighted by molar-refractivity contribution is -0.0867. The molecule has 1 saturated carbocycles. The van der Waals surface area contributed by atoms with Crippen LogP contribution in [0.1, 0.15) is 37.2 Å². The van der Waals surface area contributed by atoms with Crippen molar-refractivity contribution in [3.05, 3.63) is 34.3 Å². The van der Waals surface area contributed by atoms with Crippen molar-refractivity contribution < 1.29 is 21.6 Å². The molecule has 1 aliphatic rings. The SMILES string of the molecule is CS(=O)(=O)CCNCCCCn1c(=O)oc2ccc(C3CC(F)(F)C3)cc21. The normalized spacial score (nSPS) is 17.3. The van der Waals surface area contributed by atoms with Gasteiger partial charge in [0.15, 0.2) is 5.58 Å². The number of hydrogen-bond donors (Lipinski definition) is 1. The van der Waals surface area contributed by atoms with Crippen LogP contribution in [-0.4, -0.2) is 44.0 Å². The fraction of sp³-hybridized carbons (Fsp3) is 0.611. The standard InChI is InChI=1S/C18H24F2N2O4S/c1-27(24,25)9-7-21-6-2-3-8-22-15-10-13(14-11-18(19,20)12-14)4-5-16(15)26-17(22)23/h4-5,10,14,21H,2-3,6-9,11-12H2,1H3. The van der Waals surface area contributed by atoms with Gasteiger partial charge in [0.2, 0.25) is 5.92 Å². The lowest BCUT2D eigenvalue weighted by Crippen LogP contribution is -2.33. The first-order valence-electron chi connectivity index (χ1n) is 9.04. The van der Waals surface area contributed by atoms with Crippen LogP contribution in [0.5, 0.6) is 0 Å². The Morgan fingerprint density at radius 1 is 1.26 bits per heavy atom. The van der Waals surface area contributed by atoms with Crippen LogP contribution in [0.2, 0.25) is 0 Å². The quantitative estimate of drug-likeness (QED) is 0.652. The van der Waals surface area contributed by atoms with Gasteiger partial charge in [0.05, 0.1) is 11.3 Å². The maximum absolute atomic E-state index is 13.1. The Hall–Kier alpha value is -1.74. The van der Waals surface area contributed by atoms with Gasteiger partial charge in [0.1, 0.15) is 9.84 Å². The molecule has 0 atom stereocenters. The van der Waals surface area contributed by atoms with Gasteiger partial charge in [0, 0.05) is 32.2 Å². The molecule has 0 bridgehead atoms. The fourth-order valence-corrected chi connectivity index (χ4v) is 3.86. The maximum Gasteiger partial charge on any atom is 0.419 e. The molecule has 6 nitrogen and oxygen atoms in total. The molecule has 0 saturated heterocycles. The van der Waals surface area contributed by atoms with E-state index in [9.17, 15) is 22.0 Å². The van der Waals surface area contributed by atoms with Gasteiger partial charge in [-0.05, 0) is 43.0 Å². The molecule has 1 aliphatic carbocycles. The number of oxazole rings is 1. The number of aromatic nitrogens is 1. The summed E-state index contributed by atoms with van der Waals surface area (Å²) in [6.45, 7) is 1.52. The van der Waals surface area contributed by atoms with E-state index in [4.69, 9.17) is 4.42 Å². The Kier molecular flexibility index (Phi) is 5.71. The van der Waals surface area contributed by atoms with Gasteiger partial charge in [-0.15, -0.1) is 0 Å². The van der Waals surface area contributed by atoms with Crippen LogP contribution in [0.25, 0.3) is 11.1 Å². The number of nitrogens with one attached hydrogen (secondary N) is 1. The van der Waals surface area contributed by atoms with Gasteiger partial charge in [-0.1, -0.05) is 6.07 Å². The Balaban J connectivity index is 1.56. The van der Waals surface area contributed by atoms with Crippen LogP contribution in [-0.2, 0) is 16.4 Å². The second kappa shape index (κ2) is 7.71. The van der Waals surface area contributed by atoms with Gasteiger partial charge in [-0.3, -0.25) is 4.57 Å². The Morgan fingerprint density at radius 3 is 2.67 bits per heavy atom. The zero-order valence-electron chi connectivity index (χ0n) is 15.2. The molecule has 1 heterocycles. The van der Waals surface area contributed by atoms with Gasteiger partial charge in [-0.25, -0.2) is 22.0 Å². The molecular weight excluding hydrogens is 378 g/mol. The van der Waals surface area contributed by atoms with E-state index in [2.05, 4.69) is 5.32 Å². The van der Waals surface area contributed by atoms with E-state index in [1.54, 1.807) is 18.2 Å². The van der Waals surface area contributed by atoms with Crippen LogP contribution < -0.4 is 11.1 Å². The summed E-state index contributed by atoms with van der Waals surface area (Å²) in [5.41, 5.74) is 1.91. The molecule has 3 rings (SSSR count). The first-order chi connectivity index (χ1) is 12.6. The average Bonchev–Trinajstić information content (AvgIpc) is 2.85. The molecule has 0 unspecified atom stereocenters. The van der Waals surface area contributed by atoms with Gasteiger partial charge in [0.25, 0.3) is 0 Å². The molecule has 2 aromatic rings. The summed E-state index contributed by atoms with van der Waals surface area (Å²) in [4.78, 5) is 12.1. The van der Waals surface area contributed by atoms with Crippen molar-refractivity contribution in [1.29, 1.82) is 0 Å². The Morgan fingerprint density at radius 2 is 2.00 bits per heavy atom. The molecule has 27 heavy (non-hydrogen) atoms. The number of nitrogens with zero attached hydrogens (tertiary/aromatic N) is 1. The van der Waals surface area contributed by atoms with Crippen molar-refractivity contribution in [2.45, 2.75) is 44.1 Å². The van der Waals surface area contributed by atoms with Crippen LogP contribution in [0.3, 0.4) is 0 Å². The molecule has 150 valence electrons. The van der Waals surface area contributed by atoms with Crippen LogP contribution in [0, 0.1) is 0 Å². The number of aryl methyl sites for hydroxylation is 1. The molecule has 0 spiro atoms. The third-order valence-corrected chi connectivity index (χ3v) is 5.83. The summed E-state index contributed by atoms with van der Waals surface area (Å²) < 4.78 is 55.1. The largest absolute Gasteiger partial charge is 0.419 e. The summed E-state index contributed by atoms with van der Waals surface area (Å²) in [5.74, 6) is -3.12. The highest BCUT2D eigenvalue weighted by molar-refractivity contribution is 7.90. The minimum Gasteiger partial charge on any atom is -0.408 e. The highest BCUT2D eigenvalue weighted by Gasteiger charge is 2.45. The van der Waals surface area contributed by atoms with E-state index < -0.39 is 21.5 Å². The van der Waals surface area contributed by atoms with Crippen molar-refractivity contribution in [2.75, 3.05) is 25.1 Å². The number of unbranched alkanes of at least 4 members (excludes halogenated alkanes) is 1. The fourth-order valence-electron chi connectivity index (χ4n) is 3.34. The van der Waals surface area contributed by atoms with E-state index in [1.165, 1.54) is 10.8 Å². The lowest BCUT2D eigenvalue weighted by Gasteiger charge is -2.35. The van der Waals surface area contributed by atoms with Crippen LogP contribution in [0.15, 0.2) is 27.4 Å². The van der Waals surface area contributed by atoms with E-state index in [1.807, 2.05) is 0 Å². The van der Waals surface area contributed by atoms with E-state index >= 15 is 0 Å². The smallest absolute Gasteiger partial charge is 0.408 e. The number of alkyl halides is 2. The molecule has 1 aromatic carbocycles. The minimum absolute atomic E-state index is 0.0990. The van der Waals surface area contributed by atoms with E-state index in [0.717, 1.165) is 12.0 Å². The Bertz CT molecular complexity index is 957. The predicted octanol–water partition coefficient (Wildman–Crippen LogP) is 2.52. The summed E-state index contributed by atoms with van der Waals surface area (Å²) in [6, 6.07) is 5.21. The molecule has 9 heteroatoms. The first kappa shape index (κ1) is 20.0. The number of halogens is 2. The van der Waals surface area contributed by atoms with E-state index in [0.29, 0.717) is 37.2 Å². The lowest BCUT2D eigenvalue weighted by atomic mass is 9.77. The maximum atomic E-state index is 13.1. The summed E-state index contributed by atoms with van der Waals surface area (Å²) in [7, 11) is -2.97. The second-order valence-electron chi connectivity index (χ2n) is 7.29. The monoisotopic (exact) mass is 402 g/mol. The highest BCUT2D eigenvalue weighted by Crippen LogP contribution is 2.48. The number of fused-ring (bicyclic) bond motifs is 1. The molecule has 1 N–H and O–H groups in total. The zero-order valence-corrected chi connectivity index (χ0v) is 16.0. The third kappa shape index (κ3) is 5.16. The average molecular weight is 402 g/mol. The second-order valence-corrected chi connectivity index (χ2v) is 9.55. The predicted molar refractivity (Wildman–Crippen MR) is 99.2 cm³/mol. The van der Waals surface area contributed by atoms with Crippen molar-refractivity contribution in [3.8, 4) is 0 Å². The summed E-state index contributed by atoms with van der Waals surface area (Å²) in [5, 5.41) is 3.06. The van der Waals surface area contributed by atoms with E-state index in [-0.39, 0.29) is 24.5 Å². The topological polar surface area (TPSA) is 81.3 Å². The molecule has 1 fully saturated rings.